The first-order chi connectivity index (χ1) is 9.13. The van der Waals surface area contributed by atoms with Crippen molar-refractivity contribution < 1.29 is 4.79 Å². The number of carbonyl (C=O) groups is 1. The lowest BCUT2D eigenvalue weighted by molar-refractivity contribution is -0.116. The Balaban J connectivity index is 3.15. The van der Waals surface area contributed by atoms with Crippen molar-refractivity contribution in [2.75, 3.05) is 29.9 Å². The molecule has 0 spiro atoms. The molecule has 1 heterocycles. The SMILES string of the molecule is CCCc1c(NCC)ncnc1N(CC)CC(N)=O. The summed E-state index contributed by atoms with van der Waals surface area (Å²) in [5.74, 6) is 1.29. The molecule has 1 rings (SSSR count). The summed E-state index contributed by atoms with van der Waals surface area (Å²) in [6.07, 6.45) is 3.39. The van der Waals surface area contributed by atoms with E-state index in [1.165, 1.54) is 6.33 Å². The third-order valence-electron chi connectivity index (χ3n) is 2.79. The maximum absolute atomic E-state index is 11.1. The van der Waals surface area contributed by atoms with Gasteiger partial charge < -0.3 is 16.0 Å². The van der Waals surface area contributed by atoms with E-state index in [2.05, 4.69) is 22.2 Å². The van der Waals surface area contributed by atoms with Gasteiger partial charge in [0.25, 0.3) is 0 Å². The molecule has 0 bridgehead atoms. The minimum Gasteiger partial charge on any atom is -0.370 e. The predicted molar refractivity (Wildman–Crippen MR) is 77.3 cm³/mol. The Morgan fingerprint density at radius 1 is 1.37 bits per heavy atom. The molecule has 0 aliphatic carbocycles. The van der Waals surface area contributed by atoms with Gasteiger partial charge in [-0.15, -0.1) is 0 Å². The van der Waals surface area contributed by atoms with Gasteiger partial charge in [0.2, 0.25) is 5.91 Å². The minimum atomic E-state index is -0.354. The van der Waals surface area contributed by atoms with Gasteiger partial charge in [0.15, 0.2) is 0 Å². The number of nitrogens with zero attached hydrogens (tertiary/aromatic N) is 3. The van der Waals surface area contributed by atoms with Gasteiger partial charge in [-0.3, -0.25) is 4.79 Å². The van der Waals surface area contributed by atoms with E-state index in [9.17, 15) is 4.79 Å². The van der Waals surface area contributed by atoms with Gasteiger partial charge in [-0.1, -0.05) is 13.3 Å². The van der Waals surface area contributed by atoms with E-state index in [0.717, 1.165) is 36.6 Å². The molecule has 0 aliphatic rings. The van der Waals surface area contributed by atoms with Crippen molar-refractivity contribution in [3.05, 3.63) is 11.9 Å². The molecule has 0 atom stereocenters. The fourth-order valence-corrected chi connectivity index (χ4v) is 2.00. The number of carbonyl (C=O) groups excluding carboxylic acids is 1. The largest absolute Gasteiger partial charge is 0.370 e. The second-order valence-corrected chi connectivity index (χ2v) is 4.29. The van der Waals surface area contributed by atoms with E-state index < -0.39 is 0 Å². The highest BCUT2D eigenvalue weighted by Gasteiger charge is 2.16. The van der Waals surface area contributed by atoms with E-state index in [4.69, 9.17) is 5.73 Å². The number of nitrogens with one attached hydrogen (secondary N) is 1. The molecule has 0 aliphatic heterocycles. The second-order valence-electron chi connectivity index (χ2n) is 4.29. The van der Waals surface area contributed by atoms with Gasteiger partial charge in [0.05, 0.1) is 6.54 Å². The highest BCUT2D eigenvalue weighted by atomic mass is 16.1. The third kappa shape index (κ3) is 4.08. The van der Waals surface area contributed by atoms with Crippen molar-refractivity contribution in [3.8, 4) is 0 Å². The predicted octanol–water partition coefficient (Wildman–Crippen LogP) is 1.17. The van der Waals surface area contributed by atoms with Crippen molar-refractivity contribution in [1.82, 2.24) is 9.97 Å². The maximum Gasteiger partial charge on any atom is 0.236 e. The number of anilines is 2. The zero-order valence-electron chi connectivity index (χ0n) is 11.9. The van der Waals surface area contributed by atoms with E-state index in [0.29, 0.717) is 6.54 Å². The van der Waals surface area contributed by atoms with Crippen LogP contribution in [0.25, 0.3) is 0 Å². The lowest BCUT2D eigenvalue weighted by Gasteiger charge is -2.24. The zero-order chi connectivity index (χ0) is 14.3. The molecule has 0 aromatic carbocycles. The fourth-order valence-electron chi connectivity index (χ4n) is 2.00. The van der Waals surface area contributed by atoms with Crippen molar-refractivity contribution in [3.63, 3.8) is 0 Å². The summed E-state index contributed by atoms with van der Waals surface area (Å²) in [6, 6.07) is 0. The molecule has 1 aromatic heterocycles. The molecule has 6 nitrogen and oxygen atoms in total. The maximum atomic E-state index is 11.1. The number of hydrogen-bond donors (Lipinski definition) is 2. The number of aromatic nitrogens is 2. The smallest absolute Gasteiger partial charge is 0.236 e. The number of amides is 1. The Bertz CT molecular complexity index is 421. The lowest BCUT2D eigenvalue weighted by Crippen LogP contribution is -2.35. The van der Waals surface area contributed by atoms with Gasteiger partial charge in [0, 0.05) is 18.7 Å². The first-order valence-corrected chi connectivity index (χ1v) is 6.74. The summed E-state index contributed by atoms with van der Waals surface area (Å²) in [4.78, 5) is 21.6. The molecule has 1 aromatic rings. The van der Waals surface area contributed by atoms with Gasteiger partial charge >= 0.3 is 0 Å². The van der Waals surface area contributed by atoms with Crippen molar-refractivity contribution >= 4 is 17.5 Å². The number of nitrogens with two attached hydrogens (primary N) is 1. The topological polar surface area (TPSA) is 84.1 Å². The standard InChI is InChI=1S/C13H23N5O/c1-4-7-10-12(15-5-2)16-9-17-13(10)18(6-3)8-11(14)19/h9H,4-8H2,1-3H3,(H2,14,19)(H,15,16,17). The Labute approximate surface area is 114 Å². The van der Waals surface area contributed by atoms with Crippen LogP contribution in [0.2, 0.25) is 0 Å². The Hall–Kier alpha value is -1.85. The molecule has 6 heteroatoms. The summed E-state index contributed by atoms with van der Waals surface area (Å²) in [6.45, 7) is 7.77. The van der Waals surface area contributed by atoms with E-state index in [-0.39, 0.29) is 12.5 Å². The summed E-state index contributed by atoms with van der Waals surface area (Å²) in [5, 5.41) is 3.24. The average molecular weight is 265 g/mol. The fraction of sp³-hybridized carbons (Fsp3) is 0.615. The van der Waals surface area contributed by atoms with Crippen LogP contribution in [0.4, 0.5) is 11.6 Å². The number of primary amides is 1. The molecule has 0 unspecified atom stereocenters. The zero-order valence-corrected chi connectivity index (χ0v) is 11.9. The Morgan fingerprint density at radius 3 is 2.63 bits per heavy atom. The molecule has 3 N–H and O–H groups in total. The first kappa shape index (κ1) is 15.2. The van der Waals surface area contributed by atoms with Crippen LogP contribution >= 0.6 is 0 Å². The summed E-state index contributed by atoms with van der Waals surface area (Å²) >= 11 is 0. The van der Waals surface area contributed by atoms with Crippen LogP contribution in [0, 0.1) is 0 Å². The van der Waals surface area contributed by atoms with Crippen LogP contribution in [0.5, 0.6) is 0 Å². The number of hydrogen-bond acceptors (Lipinski definition) is 5. The van der Waals surface area contributed by atoms with E-state index in [1.807, 2.05) is 18.7 Å². The Morgan fingerprint density at radius 2 is 2.11 bits per heavy atom. The highest BCUT2D eigenvalue weighted by molar-refractivity contribution is 5.79. The lowest BCUT2D eigenvalue weighted by atomic mass is 10.1. The van der Waals surface area contributed by atoms with Gasteiger partial charge in [-0.2, -0.15) is 0 Å². The molecule has 106 valence electrons. The molecular weight excluding hydrogens is 242 g/mol. The van der Waals surface area contributed by atoms with Crippen LogP contribution in [0.1, 0.15) is 32.8 Å². The molecule has 1 amide bonds. The van der Waals surface area contributed by atoms with Gasteiger partial charge in [-0.05, 0) is 20.3 Å². The van der Waals surface area contributed by atoms with Gasteiger partial charge in [0.1, 0.15) is 18.0 Å². The van der Waals surface area contributed by atoms with Crippen molar-refractivity contribution in [2.24, 2.45) is 5.73 Å². The van der Waals surface area contributed by atoms with Crippen molar-refractivity contribution in [2.45, 2.75) is 33.6 Å². The molecule has 0 radical (unpaired) electrons. The average Bonchev–Trinajstić information content (AvgIpc) is 2.38. The van der Waals surface area contributed by atoms with Crippen LogP contribution < -0.4 is 16.0 Å². The number of rotatable bonds is 8. The van der Waals surface area contributed by atoms with E-state index >= 15 is 0 Å². The highest BCUT2D eigenvalue weighted by Crippen LogP contribution is 2.24. The van der Waals surface area contributed by atoms with Gasteiger partial charge in [-0.25, -0.2) is 9.97 Å². The monoisotopic (exact) mass is 265 g/mol. The van der Waals surface area contributed by atoms with Crippen LogP contribution in [0.3, 0.4) is 0 Å². The normalized spacial score (nSPS) is 10.3. The first-order valence-electron chi connectivity index (χ1n) is 6.74. The summed E-state index contributed by atoms with van der Waals surface area (Å²) in [7, 11) is 0. The molecule has 0 saturated heterocycles. The number of likely N-dealkylation sites (N-methyl/N-ethyl adjacent to an activating group) is 1. The molecule has 19 heavy (non-hydrogen) atoms. The quantitative estimate of drug-likeness (QED) is 0.737. The molecular formula is C13H23N5O. The second kappa shape index (κ2) is 7.56. The van der Waals surface area contributed by atoms with E-state index in [1.54, 1.807) is 0 Å². The molecule has 0 fully saturated rings. The minimum absolute atomic E-state index is 0.176. The third-order valence-corrected chi connectivity index (χ3v) is 2.79. The van der Waals surface area contributed by atoms with Crippen LogP contribution in [-0.4, -0.2) is 35.5 Å². The summed E-state index contributed by atoms with van der Waals surface area (Å²) in [5.41, 5.74) is 6.34. The summed E-state index contributed by atoms with van der Waals surface area (Å²) < 4.78 is 0. The van der Waals surface area contributed by atoms with Crippen molar-refractivity contribution in [1.29, 1.82) is 0 Å². The Kier molecular flexibility index (Phi) is 6.05. The van der Waals surface area contributed by atoms with Crippen LogP contribution in [-0.2, 0) is 11.2 Å². The van der Waals surface area contributed by atoms with Crippen LogP contribution in [0.15, 0.2) is 6.33 Å². The molecule has 0 saturated carbocycles.